The van der Waals surface area contributed by atoms with Crippen molar-refractivity contribution in [1.29, 1.82) is 0 Å². The fourth-order valence-corrected chi connectivity index (χ4v) is 15.8. The first-order valence-corrected chi connectivity index (χ1v) is 21.6. The number of nitrogens with one attached hydrogen (secondary N) is 1. The molecule has 0 fully saturated rings. The number of alkyl halides is 17. The standard InChI is InChI=1S/C20H30F17NO4Si3/c1-43(2,3)41-45(7,42-44(4,5)6)11-9-38-12(39)40-10-8-13(21,22)14(23,24)15(25,26)16(27,28)17(29,30)18(31,32)19(33,34)20(35,36)37/h8-11H2,1-7H3,(H,38,39). The summed E-state index contributed by atoms with van der Waals surface area (Å²) in [5.41, 5.74) is 0. The molecule has 0 saturated carbocycles. The molecule has 25 heteroatoms. The van der Waals surface area contributed by atoms with Gasteiger partial charge >= 0.3 is 62.3 Å². The highest BCUT2D eigenvalue weighted by atomic mass is 28.5. The summed E-state index contributed by atoms with van der Waals surface area (Å²) >= 11 is 0. The summed E-state index contributed by atoms with van der Waals surface area (Å²) in [6.45, 7) is 10.1. The van der Waals surface area contributed by atoms with Crippen LogP contribution in [0.2, 0.25) is 51.9 Å². The van der Waals surface area contributed by atoms with Crippen molar-refractivity contribution < 1.29 is 92.4 Å². The van der Waals surface area contributed by atoms with Crippen LogP contribution in [-0.4, -0.2) is 92.1 Å². The molecular formula is C20H30F17NO4Si3. The second-order valence-electron chi connectivity index (χ2n) is 11.8. The zero-order valence-electron chi connectivity index (χ0n) is 24.4. The lowest BCUT2D eigenvalue weighted by molar-refractivity contribution is -0.461. The largest absolute Gasteiger partial charge is 0.460 e. The number of ether oxygens (including phenoxy) is 1. The quantitative estimate of drug-likeness (QED) is 0.126. The van der Waals surface area contributed by atoms with Crippen molar-refractivity contribution in [2.75, 3.05) is 13.2 Å². The molecule has 0 rings (SSSR count). The van der Waals surface area contributed by atoms with Crippen LogP contribution in [0.5, 0.6) is 0 Å². The number of amides is 1. The van der Waals surface area contributed by atoms with Gasteiger partial charge in [-0.1, -0.05) is 0 Å². The van der Waals surface area contributed by atoms with Gasteiger partial charge in [0, 0.05) is 12.6 Å². The molecule has 1 N–H and O–H groups in total. The van der Waals surface area contributed by atoms with Gasteiger partial charge in [-0.3, -0.25) is 0 Å². The van der Waals surface area contributed by atoms with E-state index in [1.807, 2.05) is 44.6 Å². The first-order valence-electron chi connectivity index (χ1n) is 12.3. The van der Waals surface area contributed by atoms with Crippen LogP contribution < -0.4 is 5.32 Å². The fourth-order valence-electron chi connectivity index (χ4n) is 3.49. The Hall–Kier alpha value is -1.35. The third-order valence-electron chi connectivity index (χ3n) is 5.33. The first-order chi connectivity index (χ1) is 19.3. The molecule has 270 valence electrons. The maximum Gasteiger partial charge on any atom is 0.460 e. The summed E-state index contributed by atoms with van der Waals surface area (Å²) in [7, 11) is -7.46. The minimum Gasteiger partial charge on any atom is -0.449 e. The molecule has 0 bridgehead atoms. The van der Waals surface area contributed by atoms with Crippen LogP contribution in [-0.2, 0) is 13.0 Å². The summed E-state index contributed by atoms with van der Waals surface area (Å²) < 4.78 is 243. The highest BCUT2D eigenvalue weighted by Crippen LogP contribution is 2.64. The molecule has 0 aromatic carbocycles. The molecule has 0 aliphatic rings. The minimum absolute atomic E-state index is 0.0123. The number of carbonyl (C=O) groups is 1. The van der Waals surface area contributed by atoms with Crippen LogP contribution in [0, 0.1) is 0 Å². The van der Waals surface area contributed by atoms with E-state index in [4.69, 9.17) is 8.23 Å². The van der Waals surface area contributed by atoms with E-state index >= 15 is 0 Å². The summed E-state index contributed by atoms with van der Waals surface area (Å²) in [5.74, 6) is -57.0. The molecule has 5 nitrogen and oxygen atoms in total. The van der Waals surface area contributed by atoms with Crippen molar-refractivity contribution in [1.82, 2.24) is 5.32 Å². The van der Waals surface area contributed by atoms with E-state index in [1.54, 1.807) is 6.55 Å². The third-order valence-corrected chi connectivity index (χ3v) is 14.8. The lowest BCUT2D eigenvalue weighted by Gasteiger charge is -2.42. The van der Waals surface area contributed by atoms with E-state index in [1.165, 1.54) is 0 Å². The molecule has 0 heterocycles. The highest BCUT2D eigenvalue weighted by Gasteiger charge is 2.95. The van der Waals surface area contributed by atoms with E-state index in [-0.39, 0.29) is 12.6 Å². The maximum absolute atomic E-state index is 14.0. The summed E-state index contributed by atoms with van der Waals surface area (Å²) in [6.07, 6.45) is -12.4. The van der Waals surface area contributed by atoms with E-state index in [0.717, 1.165) is 0 Å². The van der Waals surface area contributed by atoms with Crippen LogP contribution in [0.4, 0.5) is 79.4 Å². The van der Waals surface area contributed by atoms with Gasteiger partial charge in [0.15, 0.2) is 16.6 Å². The van der Waals surface area contributed by atoms with Crippen LogP contribution in [0.25, 0.3) is 0 Å². The predicted molar refractivity (Wildman–Crippen MR) is 130 cm³/mol. The van der Waals surface area contributed by atoms with Crippen molar-refractivity contribution in [2.24, 2.45) is 0 Å². The molecule has 0 aliphatic carbocycles. The molecule has 0 atom stereocenters. The molecule has 0 radical (unpaired) electrons. The van der Waals surface area contributed by atoms with E-state index in [2.05, 4.69) is 4.74 Å². The Morgan fingerprint density at radius 2 is 0.889 bits per heavy atom. The Labute approximate surface area is 248 Å². The molecule has 1 amide bonds. The van der Waals surface area contributed by atoms with E-state index < -0.39 is 92.0 Å². The average molecular weight is 756 g/mol. The average Bonchev–Trinajstić information content (AvgIpc) is 2.74. The molecule has 0 aromatic heterocycles. The second-order valence-corrected chi connectivity index (χ2v) is 24.6. The van der Waals surface area contributed by atoms with Gasteiger partial charge in [-0.25, -0.2) is 4.79 Å². The van der Waals surface area contributed by atoms with Crippen LogP contribution >= 0.6 is 0 Å². The monoisotopic (exact) mass is 755 g/mol. The van der Waals surface area contributed by atoms with Crippen molar-refractivity contribution in [3.8, 4) is 0 Å². The number of hydrogen-bond acceptors (Lipinski definition) is 4. The van der Waals surface area contributed by atoms with Gasteiger partial charge in [-0.2, -0.15) is 74.6 Å². The van der Waals surface area contributed by atoms with E-state index in [0.29, 0.717) is 0 Å². The smallest absolute Gasteiger partial charge is 0.449 e. The molecule has 0 saturated heterocycles. The lowest BCUT2D eigenvalue weighted by atomic mass is 9.88. The second kappa shape index (κ2) is 12.9. The fraction of sp³-hybridized carbons (Fsp3) is 0.950. The summed E-state index contributed by atoms with van der Waals surface area (Å²) in [4.78, 5) is 11.8. The topological polar surface area (TPSA) is 56.8 Å². The SMILES string of the molecule is C[Si](C)(C)O[Si](C)(CCNC(=O)OCCC(F)(F)C(F)(F)C(F)(F)C(F)(F)C(F)(F)C(F)(F)C(F)(F)C(F)(F)F)O[Si](C)(C)C. The van der Waals surface area contributed by atoms with Gasteiger partial charge < -0.3 is 18.3 Å². The third kappa shape index (κ3) is 9.17. The van der Waals surface area contributed by atoms with Gasteiger partial charge in [0.1, 0.15) is 0 Å². The Kier molecular flexibility index (Phi) is 12.5. The van der Waals surface area contributed by atoms with Gasteiger partial charge in [-0.15, -0.1) is 0 Å². The van der Waals surface area contributed by atoms with Crippen molar-refractivity contribution in [3.05, 3.63) is 0 Å². The molecule has 0 aromatic rings. The van der Waals surface area contributed by atoms with Gasteiger partial charge in [-0.05, 0) is 45.8 Å². The number of halogens is 17. The molecule has 0 unspecified atom stereocenters. The van der Waals surface area contributed by atoms with Crippen LogP contribution in [0.3, 0.4) is 0 Å². The predicted octanol–water partition coefficient (Wildman–Crippen LogP) is 8.89. The lowest BCUT2D eigenvalue weighted by Crippen LogP contribution is -2.74. The Bertz CT molecular complexity index is 1010. The van der Waals surface area contributed by atoms with Gasteiger partial charge in [0.05, 0.1) is 13.0 Å². The van der Waals surface area contributed by atoms with Gasteiger partial charge in [0.25, 0.3) is 0 Å². The first kappa shape index (κ1) is 43.7. The Balaban J connectivity index is 5.78. The molecule has 0 spiro atoms. The Morgan fingerprint density at radius 3 is 1.22 bits per heavy atom. The highest BCUT2D eigenvalue weighted by molar-refractivity contribution is 6.87. The molecular weight excluding hydrogens is 725 g/mol. The number of hydrogen-bond donors (Lipinski definition) is 1. The van der Waals surface area contributed by atoms with Crippen molar-refractivity contribution >= 4 is 31.3 Å². The van der Waals surface area contributed by atoms with Gasteiger partial charge in [0.2, 0.25) is 0 Å². The minimum atomic E-state index is -8.70. The number of alkyl carbamates (subject to hydrolysis) is 1. The number of carbonyl (C=O) groups excluding carboxylic acids is 1. The zero-order chi connectivity index (χ0) is 36.7. The van der Waals surface area contributed by atoms with E-state index in [9.17, 15) is 79.4 Å². The maximum atomic E-state index is 14.0. The zero-order valence-corrected chi connectivity index (χ0v) is 27.4. The van der Waals surface area contributed by atoms with Crippen LogP contribution in [0.1, 0.15) is 6.42 Å². The summed E-state index contributed by atoms with van der Waals surface area (Å²) in [6, 6.07) is 0.0123. The molecule has 45 heavy (non-hydrogen) atoms. The van der Waals surface area contributed by atoms with Crippen LogP contribution in [0.15, 0.2) is 0 Å². The Morgan fingerprint density at radius 1 is 0.556 bits per heavy atom. The summed E-state index contributed by atoms with van der Waals surface area (Å²) in [5, 5.41) is 1.95. The normalized spacial score (nSPS) is 15.7. The van der Waals surface area contributed by atoms with Crippen molar-refractivity contribution in [3.63, 3.8) is 0 Å². The van der Waals surface area contributed by atoms with Crippen molar-refractivity contribution in [2.45, 2.75) is 106 Å². The molecule has 0 aliphatic heterocycles. The number of rotatable bonds is 16.